The molecule has 5 heteroatoms. The lowest BCUT2D eigenvalue weighted by molar-refractivity contribution is -0.136. The van der Waals surface area contributed by atoms with Crippen LogP contribution in [0.3, 0.4) is 0 Å². The van der Waals surface area contributed by atoms with Crippen molar-refractivity contribution in [2.75, 3.05) is 24.5 Å². The van der Waals surface area contributed by atoms with Crippen molar-refractivity contribution < 1.29 is 9.18 Å². The molecular weight excluding hydrogens is 317 g/mol. The van der Waals surface area contributed by atoms with Gasteiger partial charge in [-0.15, -0.1) is 0 Å². The molecule has 2 aliphatic rings. The number of benzene rings is 1. The van der Waals surface area contributed by atoms with Gasteiger partial charge in [0.05, 0.1) is 5.52 Å². The van der Waals surface area contributed by atoms with Crippen molar-refractivity contribution in [3.8, 4) is 0 Å². The lowest BCUT2D eigenvalue weighted by Crippen LogP contribution is -2.49. The second-order valence-corrected chi connectivity index (χ2v) is 7.21. The Labute approximate surface area is 147 Å². The Morgan fingerprint density at radius 3 is 2.68 bits per heavy atom. The quantitative estimate of drug-likeness (QED) is 0.836. The van der Waals surface area contributed by atoms with Crippen molar-refractivity contribution in [1.82, 2.24) is 9.88 Å². The van der Waals surface area contributed by atoms with E-state index >= 15 is 0 Å². The molecule has 3 heterocycles. The van der Waals surface area contributed by atoms with Crippen LogP contribution in [0.4, 0.5) is 10.1 Å². The van der Waals surface area contributed by atoms with Gasteiger partial charge < -0.3 is 9.80 Å². The number of pyridine rings is 1. The first-order valence-electron chi connectivity index (χ1n) is 9.23. The summed E-state index contributed by atoms with van der Waals surface area (Å²) in [6, 6.07) is 7.20. The molecule has 0 aliphatic carbocycles. The Kier molecular flexibility index (Phi) is 4.32. The maximum Gasteiger partial charge on any atom is 0.222 e. The van der Waals surface area contributed by atoms with E-state index in [1.165, 1.54) is 6.07 Å². The molecule has 25 heavy (non-hydrogen) atoms. The van der Waals surface area contributed by atoms with Crippen LogP contribution in [0.1, 0.15) is 37.8 Å². The summed E-state index contributed by atoms with van der Waals surface area (Å²) in [7, 11) is 0. The highest BCUT2D eigenvalue weighted by molar-refractivity contribution is 5.92. The monoisotopic (exact) mass is 341 g/mol. The number of piperidine rings is 2. The lowest BCUT2D eigenvalue weighted by Gasteiger charge is -2.41. The van der Waals surface area contributed by atoms with Crippen molar-refractivity contribution >= 4 is 22.5 Å². The number of aromatic nitrogens is 1. The second-order valence-electron chi connectivity index (χ2n) is 7.21. The minimum Gasteiger partial charge on any atom is -0.371 e. The standard InChI is InChI=1S/C20H24FN3O/c1-14-12-19(17-13-15(21)5-6-18(17)22-14)23-10-7-16(8-11-23)24-9-3-2-4-20(24)25/h5-6,12-13,16H,2-4,7-11H2,1H3. The summed E-state index contributed by atoms with van der Waals surface area (Å²) >= 11 is 0. The molecule has 0 unspecified atom stereocenters. The Hall–Kier alpha value is -2.17. The van der Waals surface area contributed by atoms with Gasteiger partial charge in [0.25, 0.3) is 0 Å². The topological polar surface area (TPSA) is 36.4 Å². The lowest BCUT2D eigenvalue weighted by atomic mass is 9.98. The average molecular weight is 341 g/mol. The van der Waals surface area contributed by atoms with Crippen molar-refractivity contribution in [2.45, 2.75) is 45.1 Å². The van der Waals surface area contributed by atoms with Gasteiger partial charge in [-0.05, 0) is 56.9 Å². The largest absolute Gasteiger partial charge is 0.371 e. The fourth-order valence-corrected chi connectivity index (χ4v) is 4.20. The first-order chi connectivity index (χ1) is 12.1. The van der Waals surface area contributed by atoms with E-state index in [1.807, 2.05) is 13.0 Å². The molecule has 2 fully saturated rings. The number of anilines is 1. The molecule has 1 aromatic heterocycles. The molecule has 0 spiro atoms. The number of hydrogen-bond acceptors (Lipinski definition) is 3. The normalized spacial score (nSPS) is 19.7. The fraction of sp³-hybridized carbons (Fsp3) is 0.500. The van der Waals surface area contributed by atoms with Gasteiger partial charge in [-0.3, -0.25) is 9.78 Å². The zero-order chi connectivity index (χ0) is 17.4. The minimum atomic E-state index is -0.229. The number of halogens is 1. The van der Waals surface area contributed by atoms with Crippen LogP contribution in [-0.2, 0) is 4.79 Å². The van der Waals surface area contributed by atoms with Gasteiger partial charge >= 0.3 is 0 Å². The number of nitrogens with zero attached hydrogens (tertiary/aromatic N) is 3. The maximum atomic E-state index is 13.7. The van der Waals surface area contributed by atoms with E-state index in [9.17, 15) is 9.18 Å². The van der Waals surface area contributed by atoms with Gasteiger partial charge in [-0.2, -0.15) is 0 Å². The molecular formula is C20H24FN3O. The van der Waals surface area contributed by atoms with Crippen molar-refractivity contribution in [1.29, 1.82) is 0 Å². The van der Waals surface area contributed by atoms with E-state index in [0.717, 1.165) is 67.6 Å². The predicted octanol–water partition coefficient (Wildman–Crippen LogP) is 3.66. The van der Waals surface area contributed by atoms with Gasteiger partial charge in [0, 0.05) is 48.9 Å². The fourth-order valence-electron chi connectivity index (χ4n) is 4.20. The molecule has 2 aliphatic heterocycles. The number of hydrogen-bond donors (Lipinski definition) is 0. The molecule has 2 saturated heterocycles. The van der Waals surface area contributed by atoms with Crippen LogP contribution in [-0.4, -0.2) is 41.5 Å². The third-order valence-electron chi connectivity index (χ3n) is 5.48. The molecule has 0 bridgehead atoms. The van der Waals surface area contributed by atoms with E-state index in [2.05, 4.69) is 14.8 Å². The molecule has 132 valence electrons. The van der Waals surface area contributed by atoms with E-state index in [-0.39, 0.29) is 5.82 Å². The SMILES string of the molecule is Cc1cc(N2CCC(N3CCCCC3=O)CC2)c2cc(F)ccc2n1. The van der Waals surface area contributed by atoms with E-state index in [4.69, 9.17) is 0 Å². The highest BCUT2D eigenvalue weighted by atomic mass is 19.1. The summed E-state index contributed by atoms with van der Waals surface area (Å²) < 4.78 is 13.7. The predicted molar refractivity (Wildman–Crippen MR) is 97.2 cm³/mol. The molecule has 1 aromatic carbocycles. The number of aryl methyl sites for hydroxylation is 1. The molecule has 4 rings (SSSR count). The number of carbonyl (C=O) groups is 1. The van der Waals surface area contributed by atoms with E-state index in [0.29, 0.717) is 18.4 Å². The van der Waals surface area contributed by atoms with Gasteiger partial charge in [0.15, 0.2) is 0 Å². The molecule has 4 nitrogen and oxygen atoms in total. The first-order valence-corrected chi connectivity index (χ1v) is 9.23. The molecule has 2 aromatic rings. The van der Waals surface area contributed by atoms with Crippen LogP contribution in [0.2, 0.25) is 0 Å². The minimum absolute atomic E-state index is 0.229. The number of amides is 1. The zero-order valence-corrected chi connectivity index (χ0v) is 14.7. The molecule has 1 amide bonds. The van der Waals surface area contributed by atoms with Gasteiger partial charge in [-0.25, -0.2) is 4.39 Å². The number of rotatable bonds is 2. The Balaban J connectivity index is 1.55. The molecule has 0 radical (unpaired) electrons. The van der Waals surface area contributed by atoms with Crippen LogP contribution in [0, 0.1) is 12.7 Å². The highest BCUT2D eigenvalue weighted by Crippen LogP contribution is 2.31. The summed E-state index contributed by atoms with van der Waals surface area (Å²) in [5, 5.41) is 0.873. The van der Waals surface area contributed by atoms with E-state index in [1.54, 1.807) is 12.1 Å². The average Bonchev–Trinajstić information content (AvgIpc) is 2.62. The Morgan fingerprint density at radius 1 is 1.12 bits per heavy atom. The summed E-state index contributed by atoms with van der Waals surface area (Å²) in [5.41, 5.74) is 2.84. The molecule has 0 atom stereocenters. The van der Waals surface area contributed by atoms with Crippen LogP contribution in [0.25, 0.3) is 10.9 Å². The van der Waals surface area contributed by atoms with Crippen molar-refractivity contribution in [3.63, 3.8) is 0 Å². The van der Waals surface area contributed by atoms with Crippen LogP contribution < -0.4 is 4.90 Å². The van der Waals surface area contributed by atoms with Crippen molar-refractivity contribution in [2.24, 2.45) is 0 Å². The molecule has 0 N–H and O–H groups in total. The second kappa shape index (κ2) is 6.62. The zero-order valence-electron chi connectivity index (χ0n) is 14.7. The third kappa shape index (κ3) is 3.20. The third-order valence-corrected chi connectivity index (χ3v) is 5.48. The number of carbonyl (C=O) groups excluding carboxylic acids is 1. The van der Waals surface area contributed by atoms with Crippen LogP contribution in [0.15, 0.2) is 24.3 Å². The Bertz CT molecular complexity index is 799. The van der Waals surface area contributed by atoms with E-state index < -0.39 is 0 Å². The van der Waals surface area contributed by atoms with Gasteiger partial charge in [0.1, 0.15) is 5.82 Å². The van der Waals surface area contributed by atoms with Crippen LogP contribution >= 0.6 is 0 Å². The number of fused-ring (bicyclic) bond motifs is 1. The molecule has 0 saturated carbocycles. The summed E-state index contributed by atoms with van der Waals surface area (Å²) in [4.78, 5) is 21.1. The summed E-state index contributed by atoms with van der Waals surface area (Å²) in [6.07, 6.45) is 4.81. The summed E-state index contributed by atoms with van der Waals surface area (Å²) in [5.74, 6) is 0.0881. The summed E-state index contributed by atoms with van der Waals surface area (Å²) in [6.45, 7) is 4.67. The van der Waals surface area contributed by atoms with Crippen LogP contribution in [0.5, 0.6) is 0 Å². The van der Waals surface area contributed by atoms with Gasteiger partial charge in [-0.1, -0.05) is 0 Å². The maximum absolute atomic E-state index is 13.7. The number of likely N-dealkylation sites (tertiary alicyclic amines) is 1. The highest BCUT2D eigenvalue weighted by Gasteiger charge is 2.29. The smallest absolute Gasteiger partial charge is 0.222 e. The Morgan fingerprint density at radius 2 is 1.92 bits per heavy atom. The van der Waals surface area contributed by atoms with Gasteiger partial charge in [0.2, 0.25) is 5.91 Å². The van der Waals surface area contributed by atoms with Crippen molar-refractivity contribution in [3.05, 3.63) is 35.8 Å². The first kappa shape index (κ1) is 16.3.